The second kappa shape index (κ2) is 6.94. The molecule has 0 aromatic carbocycles. The molecule has 7 nitrogen and oxygen atoms in total. The van der Waals surface area contributed by atoms with Gasteiger partial charge in [-0.25, -0.2) is 4.39 Å². The normalized spacial score (nSPS) is 22.5. The highest BCUT2D eigenvalue weighted by molar-refractivity contribution is 5.91. The van der Waals surface area contributed by atoms with Gasteiger partial charge in [0.15, 0.2) is 11.6 Å². The van der Waals surface area contributed by atoms with E-state index in [-0.39, 0.29) is 12.3 Å². The molecule has 3 rings (SSSR count). The molecule has 0 saturated heterocycles. The van der Waals surface area contributed by atoms with Crippen LogP contribution in [-0.2, 0) is 26.3 Å². The number of methoxy groups -OCH3 is 1. The highest BCUT2D eigenvalue weighted by Gasteiger charge is 2.50. The van der Waals surface area contributed by atoms with E-state index in [4.69, 9.17) is 14.0 Å². The second-order valence-electron chi connectivity index (χ2n) is 5.58. The van der Waals surface area contributed by atoms with Gasteiger partial charge in [-0.3, -0.25) is 14.8 Å². The molecule has 0 radical (unpaired) electrons. The summed E-state index contributed by atoms with van der Waals surface area (Å²) in [6.07, 6.45) is 6.32. The van der Waals surface area contributed by atoms with E-state index < -0.39 is 23.4 Å². The molecule has 0 bridgehead atoms. The van der Waals surface area contributed by atoms with Crippen LogP contribution < -0.4 is 0 Å². The first-order valence-corrected chi connectivity index (χ1v) is 7.49. The lowest BCUT2D eigenvalue weighted by Gasteiger charge is -2.35. The Morgan fingerprint density at radius 3 is 2.88 bits per heavy atom. The van der Waals surface area contributed by atoms with Crippen LogP contribution in [0.4, 0.5) is 4.39 Å². The monoisotopic (exact) mass is 345 g/mol. The van der Waals surface area contributed by atoms with Gasteiger partial charge in [0.05, 0.1) is 31.8 Å². The van der Waals surface area contributed by atoms with Crippen molar-refractivity contribution in [1.29, 1.82) is 0 Å². The molecule has 0 amide bonds. The zero-order valence-corrected chi connectivity index (χ0v) is 13.7. The molecule has 0 saturated carbocycles. The maximum Gasteiger partial charge on any atom is 0.326 e. The van der Waals surface area contributed by atoms with Crippen LogP contribution in [0.1, 0.15) is 18.2 Å². The number of aromatic nitrogens is 2. The maximum absolute atomic E-state index is 13.3. The van der Waals surface area contributed by atoms with Gasteiger partial charge in [-0.05, 0) is 24.6 Å². The van der Waals surface area contributed by atoms with Gasteiger partial charge in [0.1, 0.15) is 12.1 Å². The molecule has 2 atom stereocenters. The van der Waals surface area contributed by atoms with Crippen LogP contribution in [0.25, 0.3) is 0 Å². The number of carbonyl (C=O) groups is 1. The van der Waals surface area contributed by atoms with E-state index in [2.05, 4.69) is 15.1 Å². The molecule has 3 heterocycles. The predicted octanol–water partition coefficient (Wildman–Crippen LogP) is 2.19. The van der Waals surface area contributed by atoms with E-state index in [0.29, 0.717) is 5.56 Å². The zero-order chi connectivity index (χ0) is 17.9. The van der Waals surface area contributed by atoms with Crippen molar-refractivity contribution >= 4 is 12.2 Å². The van der Waals surface area contributed by atoms with Gasteiger partial charge < -0.3 is 14.0 Å². The molecule has 130 valence electrons. The lowest BCUT2D eigenvalue weighted by molar-refractivity contribution is -0.152. The summed E-state index contributed by atoms with van der Waals surface area (Å²) in [5, 5.41) is 3.60. The minimum absolute atomic E-state index is 0.123. The van der Waals surface area contributed by atoms with Gasteiger partial charge in [0.25, 0.3) is 0 Å². The Bertz CT molecular complexity index is 802. The van der Waals surface area contributed by atoms with Gasteiger partial charge in [0, 0.05) is 11.8 Å². The number of allylic oxidation sites excluding steroid dienone is 1. The van der Waals surface area contributed by atoms with Gasteiger partial charge in [-0.2, -0.15) is 0 Å². The molecule has 8 heteroatoms. The fraction of sp³-hybridized carbons (Fsp3) is 0.294. The van der Waals surface area contributed by atoms with Crippen molar-refractivity contribution in [2.75, 3.05) is 7.11 Å². The molecular weight excluding hydrogens is 329 g/mol. The Morgan fingerprint density at radius 1 is 1.40 bits per heavy atom. The Labute approximate surface area is 143 Å². The number of carbonyl (C=O) groups excluding carboxylic acids is 1. The topological polar surface area (TPSA) is 86.8 Å². The molecule has 25 heavy (non-hydrogen) atoms. The predicted molar refractivity (Wildman–Crippen MR) is 85.2 cm³/mol. The van der Waals surface area contributed by atoms with E-state index >= 15 is 0 Å². The van der Waals surface area contributed by atoms with Crippen molar-refractivity contribution in [2.24, 2.45) is 4.99 Å². The molecule has 0 spiro atoms. The SMILES string of the molecule is COC(=O)C1(c2ccc(F)cn2)C=C(C)C=NC1OCc1cnoc1. The number of pyridine rings is 1. The summed E-state index contributed by atoms with van der Waals surface area (Å²) in [5.74, 6) is -1.11. The van der Waals surface area contributed by atoms with Crippen LogP contribution in [-0.4, -0.2) is 35.7 Å². The summed E-state index contributed by atoms with van der Waals surface area (Å²) in [6.45, 7) is 1.92. The molecule has 2 aromatic rings. The standard InChI is InChI=1S/C17H16FN3O4/c1-11-5-17(16(22)23-2,14-4-3-13(18)8-19-14)15(20-6-11)24-9-12-7-21-25-10-12/h3-8,10,15H,9H2,1-2H3. The fourth-order valence-corrected chi connectivity index (χ4v) is 2.67. The van der Waals surface area contributed by atoms with E-state index in [1.54, 1.807) is 19.2 Å². The molecule has 0 aliphatic carbocycles. The number of dihydropyridines is 1. The minimum atomic E-state index is -1.42. The van der Waals surface area contributed by atoms with Crippen LogP contribution >= 0.6 is 0 Å². The molecule has 1 aliphatic rings. The summed E-state index contributed by atoms with van der Waals surface area (Å²) in [4.78, 5) is 21.1. The van der Waals surface area contributed by atoms with Gasteiger partial charge >= 0.3 is 5.97 Å². The summed E-state index contributed by atoms with van der Waals surface area (Å²) in [6, 6.07) is 2.65. The van der Waals surface area contributed by atoms with E-state index in [0.717, 1.165) is 11.8 Å². The first kappa shape index (κ1) is 17.0. The van der Waals surface area contributed by atoms with Crippen molar-refractivity contribution in [2.45, 2.75) is 25.2 Å². The van der Waals surface area contributed by atoms with E-state index in [1.165, 1.54) is 31.7 Å². The Morgan fingerprint density at radius 2 is 2.24 bits per heavy atom. The quantitative estimate of drug-likeness (QED) is 0.772. The van der Waals surface area contributed by atoms with Crippen LogP contribution in [0.5, 0.6) is 0 Å². The van der Waals surface area contributed by atoms with Crippen molar-refractivity contribution in [3.05, 3.63) is 59.5 Å². The number of nitrogens with zero attached hydrogens (tertiary/aromatic N) is 3. The van der Waals surface area contributed by atoms with Crippen molar-refractivity contribution < 1.29 is 23.2 Å². The summed E-state index contributed by atoms with van der Waals surface area (Å²) in [5.41, 5.74) is 0.291. The molecule has 2 unspecified atom stereocenters. The third kappa shape index (κ3) is 3.20. The average Bonchev–Trinajstić information content (AvgIpc) is 3.14. The van der Waals surface area contributed by atoms with Crippen LogP contribution in [0.15, 0.2) is 52.0 Å². The number of esters is 1. The Kier molecular flexibility index (Phi) is 4.71. The summed E-state index contributed by atoms with van der Waals surface area (Å²) >= 11 is 0. The minimum Gasteiger partial charge on any atom is -0.468 e. The third-order valence-electron chi connectivity index (χ3n) is 3.82. The van der Waals surface area contributed by atoms with Gasteiger partial charge in [0.2, 0.25) is 0 Å². The number of aliphatic imine (C=N–C) groups is 1. The average molecular weight is 345 g/mol. The summed E-state index contributed by atoms with van der Waals surface area (Å²) in [7, 11) is 1.27. The molecule has 1 aliphatic heterocycles. The molecule has 0 N–H and O–H groups in total. The highest BCUT2D eigenvalue weighted by atomic mass is 19.1. The van der Waals surface area contributed by atoms with Crippen LogP contribution in [0, 0.1) is 5.82 Å². The van der Waals surface area contributed by atoms with Crippen LogP contribution in [0.2, 0.25) is 0 Å². The Hall–Kier alpha value is -2.87. The number of ether oxygens (including phenoxy) is 2. The Balaban J connectivity index is 2.02. The molecular formula is C17H16FN3O4. The molecule has 2 aromatic heterocycles. The smallest absolute Gasteiger partial charge is 0.326 e. The van der Waals surface area contributed by atoms with Gasteiger partial charge in [-0.15, -0.1) is 0 Å². The second-order valence-corrected chi connectivity index (χ2v) is 5.58. The van der Waals surface area contributed by atoms with Crippen molar-refractivity contribution in [3.8, 4) is 0 Å². The lowest BCUT2D eigenvalue weighted by atomic mass is 9.79. The number of rotatable bonds is 5. The maximum atomic E-state index is 13.3. The fourth-order valence-electron chi connectivity index (χ4n) is 2.67. The number of halogens is 1. The van der Waals surface area contributed by atoms with Crippen molar-refractivity contribution in [1.82, 2.24) is 10.1 Å². The lowest BCUT2D eigenvalue weighted by Crippen LogP contribution is -2.48. The van der Waals surface area contributed by atoms with E-state index in [1.807, 2.05) is 0 Å². The first-order chi connectivity index (χ1) is 12.1. The highest BCUT2D eigenvalue weighted by Crippen LogP contribution is 2.36. The van der Waals surface area contributed by atoms with E-state index in [9.17, 15) is 9.18 Å². The number of hydrogen-bond donors (Lipinski definition) is 0. The number of hydrogen-bond acceptors (Lipinski definition) is 7. The van der Waals surface area contributed by atoms with Crippen LogP contribution in [0.3, 0.4) is 0 Å². The molecule has 0 fully saturated rings. The summed E-state index contributed by atoms with van der Waals surface area (Å²) < 4.78 is 28.9. The third-order valence-corrected chi connectivity index (χ3v) is 3.82. The first-order valence-electron chi connectivity index (χ1n) is 7.49. The zero-order valence-electron chi connectivity index (χ0n) is 13.7. The van der Waals surface area contributed by atoms with Crippen molar-refractivity contribution in [3.63, 3.8) is 0 Å². The largest absolute Gasteiger partial charge is 0.468 e. The van der Waals surface area contributed by atoms with Gasteiger partial charge in [-0.1, -0.05) is 11.2 Å².